The quantitative estimate of drug-likeness (QED) is 0.497. The summed E-state index contributed by atoms with van der Waals surface area (Å²) in [6.45, 7) is 10.5. The van der Waals surface area contributed by atoms with Gasteiger partial charge in [-0.3, -0.25) is 4.79 Å². The van der Waals surface area contributed by atoms with Crippen LogP contribution in [0.5, 0.6) is 5.88 Å². The predicted octanol–water partition coefficient (Wildman–Crippen LogP) is 3.02. The summed E-state index contributed by atoms with van der Waals surface area (Å²) in [5, 5.41) is 6.26. The first-order chi connectivity index (χ1) is 17.9. The Kier molecular flexibility index (Phi) is 7.75. The van der Waals surface area contributed by atoms with Crippen LogP contribution in [-0.2, 0) is 14.3 Å². The molecule has 4 heterocycles. The number of alkyl halides is 1. The maximum Gasteiger partial charge on any atom is 0.247 e. The first-order valence-corrected chi connectivity index (χ1v) is 12.7. The lowest BCUT2D eigenvalue weighted by Gasteiger charge is -2.36. The van der Waals surface area contributed by atoms with Crippen molar-refractivity contribution in [2.45, 2.75) is 31.4 Å². The molecule has 1 aromatic heterocycles. The van der Waals surface area contributed by atoms with Crippen molar-refractivity contribution in [2.24, 2.45) is 0 Å². The number of likely N-dealkylation sites (N-methyl/N-ethyl adjacent to an activating group) is 1. The number of nitrogens with one attached hydrogen (secondary N) is 2. The Morgan fingerprint density at radius 2 is 2.05 bits per heavy atom. The van der Waals surface area contributed by atoms with Crippen LogP contribution >= 0.6 is 11.6 Å². The van der Waals surface area contributed by atoms with Crippen molar-refractivity contribution in [3.63, 3.8) is 0 Å². The van der Waals surface area contributed by atoms with Gasteiger partial charge in [-0.1, -0.05) is 25.1 Å². The normalized spacial score (nSPS) is 25.5. The van der Waals surface area contributed by atoms with Gasteiger partial charge in [-0.25, -0.2) is 9.37 Å². The number of benzene rings is 1. The van der Waals surface area contributed by atoms with Crippen LogP contribution in [0.15, 0.2) is 37.1 Å². The largest absolute Gasteiger partial charge is 0.468 e. The van der Waals surface area contributed by atoms with Gasteiger partial charge in [0.2, 0.25) is 17.7 Å². The number of hydrogen-bond donors (Lipinski definition) is 2. The molecule has 5 rings (SSSR count). The highest BCUT2D eigenvalue weighted by atomic mass is 35.5. The van der Waals surface area contributed by atoms with Crippen LogP contribution in [0.2, 0.25) is 5.02 Å². The molecule has 3 aliphatic rings. The number of rotatable bonds is 8. The van der Waals surface area contributed by atoms with E-state index in [2.05, 4.69) is 43.9 Å². The Bertz CT molecular complexity index is 1150. The summed E-state index contributed by atoms with van der Waals surface area (Å²) in [5.41, 5.74) is 2.24. The van der Waals surface area contributed by atoms with Gasteiger partial charge >= 0.3 is 0 Å². The van der Waals surface area contributed by atoms with Crippen LogP contribution in [0.25, 0.3) is 0 Å². The van der Waals surface area contributed by atoms with Crippen molar-refractivity contribution in [3.05, 3.63) is 42.1 Å². The summed E-state index contributed by atoms with van der Waals surface area (Å²) >= 11 is 6.28. The second kappa shape index (κ2) is 11.2. The number of hydrogen-bond acceptors (Lipinski definition) is 9. The molecular weight excluding hydrogens is 503 g/mol. The molecule has 12 heteroatoms. The second-order valence-electron chi connectivity index (χ2n) is 9.09. The minimum Gasteiger partial charge on any atom is -0.468 e. The Labute approximate surface area is 219 Å². The fraction of sp³-hybridized carbons (Fsp3) is 0.480. The predicted molar refractivity (Wildman–Crippen MR) is 139 cm³/mol. The minimum absolute atomic E-state index is 0.0193. The summed E-state index contributed by atoms with van der Waals surface area (Å²) in [4.78, 5) is 25.4. The number of ether oxygens (including phenoxy) is 3. The lowest BCUT2D eigenvalue weighted by Crippen LogP contribution is -2.46. The molecule has 1 aromatic carbocycles. The van der Waals surface area contributed by atoms with Crippen LogP contribution in [0.4, 0.5) is 27.4 Å². The van der Waals surface area contributed by atoms with Crippen LogP contribution < -0.4 is 20.3 Å². The van der Waals surface area contributed by atoms with E-state index in [0.717, 1.165) is 38.4 Å². The van der Waals surface area contributed by atoms with Crippen LogP contribution in [0, 0.1) is 0 Å². The third kappa shape index (κ3) is 5.64. The number of amides is 1. The molecule has 198 valence electrons. The standard InChI is InChI=1S/C25H30ClFN6O4/c1-3-21(34)30-18-11-15(5-6-19(18)33-9-7-32(4-2)8-10-33)29-25-28-12-16(26)24(31-25)37-20-14-36-22-17(27)13-35-23(20)22/h3,5-6,11-12,17,20,22-23H,1,4,7-10,13-14H2,2H3,(H,30,34)(H,28,29,31)/t17-,20-,22-,23-/m1/s1. The first-order valence-electron chi connectivity index (χ1n) is 12.3. The Morgan fingerprint density at radius 3 is 2.81 bits per heavy atom. The fourth-order valence-electron chi connectivity index (χ4n) is 4.76. The number of halogens is 2. The fourth-order valence-corrected chi connectivity index (χ4v) is 4.90. The van der Waals surface area contributed by atoms with Crippen molar-refractivity contribution in [3.8, 4) is 5.88 Å². The van der Waals surface area contributed by atoms with Crippen molar-refractivity contribution in [1.29, 1.82) is 0 Å². The van der Waals surface area contributed by atoms with Gasteiger partial charge in [0.25, 0.3) is 0 Å². The van der Waals surface area contributed by atoms with Gasteiger partial charge in [-0.05, 0) is 30.8 Å². The summed E-state index contributed by atoms with van der Waals surface area (Å²) in [6, 6.07) is 5.67. The second-order valence-corrected chi connectivity index (χ2v) is 9.49. The van der Waals surface area contributed by atoms with E-state index >= 15 is 0 Å². The molecule has 10 nitrogen and oxygen atoms in total. The van der Waals surface area contributed by atoms with Crippen LogP contribution in [0.1, 0.15) is 6.92 Å². The highest BCUT2D eigenvalue weighted by Gasteiger charge is 2.49. The number of piperazine rings is 1. The van der Waals surface area contributed by atoms with Crippen LogP contribution in [0.3, 0.4) is 0 Å². The van der Waals surface area contributed by atoms with Gasteiger partial charge in [-0.15, -0.1) is 0 Å². The molecule has 0 spiro atoms. The number of nitrogens with zero attached hydrogens (tertiary/aromatic N) is 4. The Hall–Kier alpha value is -2.99. The van der Waals surface area contributed by atoms with Crippen molar-refractivity contribution < 1.29 is 23.4 Å². The first kappa shape index (κ1) is 25.7. The number of carbonyl (C=O) groups excluding carboxylic acids is 1. The number of aromatic nitrogens is 2. The van der Waals surface area contributed by atoms with E-state index in [1.807, 2.05) is 18.2 Å². The summed E-state index contributed by atoms with van der Waals surface area (Å²) in [6.07, 6.45) is -0.197. The zero-order chi connectivity index (χ0) is 25.9. The van der Waals surface area contributed by atoms with Gasteiger partial charge in [0.05, 0.1) is 30.8 Å². The summed E-state index contributed by atoms with van der Waals surface area (Å²) in [5.74, 6) is 0.0894. The van der Waals surface area contributed by atoms with E-state index < -0.39 is 24.5 Å². The topological polar surface area (TPSA) is 101 Å². The highest BCUT2D eigenvalue weighted by Crippen LogP contribution is 2.34. The molecule has 37 heavy (non-hydrogen) atoms. The molecule has 1 amide bonds. The van der Waals surface area contributed by atoms with Crippen LogP contribution in [-0.4, -0.2) is 91.2 Å². The lowest BCUT2D eigenvalue weighted by atomic mass is 10.1. The molecule has 2 aromatic rings. The Balaban J connectivity index is 1.33. The minimum atomic E-state index is -1.18. The number of fused-ring (bicyclic) bond motifs is 1. The SMILES string of the molecule is C=CC(=O)Nc1cc(Nc2ncc(Cl)c(O[C@@H]3CO[C@H]4[C@@H]3OC[C@H]4F)n2)ccc1N1CCN(CC)CC1. The Morgan fingerprint density at radius 1 is 1.27 bits per heavy atom. The summed E-state index contributed by atoms with van der Waals surface area (Å²) < 4.78 is 30.8. The molecule has 0 radical (unpaired) electrons. The molecule has 0 bridgehead atoms. The van der Waals surface area contributed by atoms with Gasteiger partial charge in [0.15, 0.2) is 12.3 Å². The number of anilines is 4. The monoisotopic (exact) mass is 532 g/mol. The molecule has 3 fully saturated rings. The van der Waals surface area contributed by atoms with E-state index in [1.165, 1.54) is 12.3 Å². The summed E-state index contributed by atoms with van der Waals surface area (Å²) in [7, 11) is 0. The lowest BCUT2D eigenvalue weighted by molar-refractivity contribution is -0.111. The number of carbonyl (C=O) groups is 1. The molecule has 0 aliphatic carbocycles. The van der Waals surface area contributed by atoms with Crippen molar-refractivity contribution in [2.75, 3.05) is 61.5 Å². The van der Waals surface area contributed by atoms with E-state index in [0.29, 0.717) is 11.4 Å². The third-order valence-electron chi connectivity index (χ3n) is 6.78. The zero-order valence-electron chi connectivity index (χ0n) is 20.5. The molecule has 4 atom stereocenters. The van der Waals surface area contributed by atoms with E-state index in [-0.39, 0.29) is 36.0 Å². The van der Waals surface area contributed by atoms with Gasteiger partial charge < -0.3 is 34.6 Å². The molecule has 3 aliphatic heterocycles. The van der Waals surface area contributed by atoms with Gasteiger partial charge in [0, 0.05) is 31.9 Å². The maximum absolute atomic E-state index is 13.9. The van der Waals surface area contributed by atoms with E-state index in [1.54, 1.807) is 0 Å². The molecule has 0 saturated carbocycles. The van der Waals surface area contributed by atoms with Crippen molar-refractivity contribution >= 4 is 40.5 Å². The maximum atomic E-state index is 13.9. The molecule has 0 unspecified atom stereocenters. The van der Waals surface area contributed by atoms with Gasteiger partial charge in [-0.2, -0.15) is 4.98 Å². The van der Waals surface area contributed by atoms with Crippen molar-refractivity contribution in [1.82, 2.24) is 14.9 Å². The van der Waals surface area contributed by atoms with E-state index in [9.17, 15) is 9.18 Å². The van der Waals surface area contributed by atoms with E-state index in [4.69, 9.17) is 25.8 Å². The zero-order valence-corrected chi connectivity index (χ0v) is 21.3. The molecule has 2 N–H and O–H groups in total. The van der Waals surface area contributed by atoms with Gasteiger partial charge in [0.1, 0.15) is 17.2 Å². The average Bonchev–Trinajstić information content (AvgIpc) is 3.49. The molecule has 3 saturated heterocycles. The highest BCUT2D eigenvalue weighted by molar-refractivity contribution is 6.31. The third-order valence-corrected chi connectivity index (χ3v) is 7.04. The average molecular weight is 533 g/mol. The smallest absolute Gasteiger partial charge is 0.247 e. The molecular formula is C25H30ClFN6O4.